The van der Waals surface area contributed by atoms with Crippen LogP contribution in [0.15, 0.2) is 72.8 Å². The van der Waals surface area contributed by atoms with E-state index >= 15 is 0 Å². The maximum atomic E-state index is 13.1. The van der Waals surface area contributed by atoms with Crippen molar-refractivity contribution in [1.82, 2.24) is 4.90 Å². The molecule has 3 aromatic carbocycles. The van der Waals surface area contributed by atoms with E-state index in [0.717, 1.165) is 29.8 Å². The molecule has 5 heteroatoms. The van der Waals surface area contributed by atoms with Crippen molar-refractivity contribution in [3.05, 3.63) is 95.1 Å². The molecule has 0 aliphatic carbocycles. The first-order valence-electron chi connectivity index (χ1n) is 10.6. The topological polar surface area (TPSA) is 52.6 Å². The summed E-state index contributed by atoms with van der Waals surface area (Å²) in [6.45, 7) is 6.04. The lowest BCUT2D eigenvalue weighted by Gasteiger charge is -2.35. The minimum Gasteiger partial charge on any atom is -0.322 e. The van der Waals surface area contributed by atoms with Crippen LogP contribution in [0, 0.1) is 13.8 Å². The van der Waals surface area contributed by atoms with E-state index in [2.05, 4.69) is 36.5 Å². The summed E-state index contributed by atoms with van der Waals surface area (Å²) in [6.07, 6.45) is 0.920. The third kappa shape index (κ3) is 4.77. The number of amides is 3. The van der Waals surface area contributed by atoms with E-state index in [1.807, 2.05) is 65.3 Å². The summed E-state index contributed by atoms with van der Waals surface area (Å²) in [5, 5.41) is 2.93. The van der Waals surface area contributed by atoms with E-state index in [-0.39, 0.29) is 11.9 Å². The van der Waals surface area contributed by atoms with Crippen molar-refractivity contribution < 1.29 is 9.59 Å². The van der Waals surface area contributed by atoms with Crippen LogP contribution in [0.5, 0.6) is 0 Å². The average molecular weight is 414 g/mol. The van der Waals surface area contributed by atoms with Gasteiger partial charge in [-0.15, -0.1) is 0 Å². The van der Waals surface area contributed by atoms with E-state index in [1.54, 1.807) is 0 Å². The molecule has 0 radical (unpaired) electrons. The van der Waals surface area contributed by atoms with Gasteiger partial charge in [0.2, 0.25) is 0 Å². The van der Waals surface area contributed by atoms with Gasteiger partial charge in [-0.25, -0.2) is 4.79 Å². The quantitative estimate of drug-likeness (QED) is 0.610. The molecule has 1 saturated heterocycles. The molecule has 0 atom stereocenters. The fourth-order valence-corrected chi connectivity index (χ4v) is 3.83. The zero-order valence-electron chi connectivity index (χ0n) is 18.0. The number of aryl methyl sites for hydroxylation is 2. The molecule has 5 nitrogen and oxygen atoms in total. The summed E-state index contributed by atoms with van der Waals surface area (Å²) in [5.74, 6) is -0.135. The van der Waals surface area contributed by atoms with E-state index in [0.29, 0.717) is 24.3 Å². The van der Waals surface area contributed by atoms with Crippen molar-refractivity contribution in [2.75, 3.05) is 23.3 Å². The highest BCUT2D eigenvalue weighted by Gasteiger charge is 2.26. The molecule has 1 N–H and O–H groups in total. The summed E-state index contributed by atoms with van der Waals surface area (Å²) in [5.41, 5.74) is 5.49. The Kier molecular flexibility index (Phi) is 6.03. The van der Waals surface area contributed by atoms with Crippen molar-refractivity contribution in [2.45, 2.75) is 26.8 Å². The van der Waals surface area contributed by atoms with Gasteiger partial charge in [-0.3, -0.25) is 9.69 Å². The van der Waals surface area contributed by atoms with Gasteiger partial charge < -0.3 is 10.2 Å². The molecule has 31 heavy (non-hydrogen) atoms. The summed E-state index contributed by atoms with van der Waals surface area (Å²) in [4.78, 5) is 29.3. The molecule has 1 heterocycles. The van der Waals surface area contributed by atoms with Crippen LogP contribution in [0.25, 0.3) is 0 Å². The minimum absolute atomic E-state index is 0.0171. The van der Waals surface area contributed by atoms with Gasteiger partial charge in [-0.1, -0.05) is 48.0 Å². The fraction of sp³-hybridized carbons (Fsp3) is 0.231. The molecule has 1 fully saturated rings. The molecular weight excluding hydrogens is 386 g/mol. The van der Waals surface area contributed by atoms with Crippen LogP contribution in [0.2, 0.25) is 0 Å². The Morgan fingerprint density at radius 2 is 1.61 bits per heavy atom. The normalized spacial score (nSPS) is 13.9. The zero-order valence-corrected chi connectivity index (χ0v) is 18.0. The SMILES string of the molecule is Cc1ccc(CN2CCCN(c3ccc(NC(=O)c4ccccc4C)cc3)C2=O)cc1. The standard InChI is InChI=1S/C26H27N3O2/c1-19-8-10-21(11-9-19)18-28-16-5-17-29(26(28)31)23-14-12-22(13-15-23)27-25(30)24-7-4-3-6-20(24)2/h3-4,6-15H,5,16-18H2,1-2H3,(H,27,30). The average Bonchev–Trinajstić information content (AvgIpc) is 2.78. The lowest BCUT2D eigenvalue weighted by Crippen LogP contribution is -2.49. The Hall–Kier alpha value is -3.60. The molecule has 1 aliphatic rings. The lowest BCUT2D eigenvalue weighted by atomic mass is 10.1. The van der Waals surface area contributed by atoms with E-state index in [4.69, 9.17) is 0 Å². The predicted octanol–water partition coefficient (Wildman–Crippen LogP) is 5.39. The maximum absolute atomic E-state index is 13.1. The van der Waals surface area contributed by atoms with E-state index in [1.165, 1.54) is 5.56 Å². The van der Waals surface area contributed by atoms with E-state index < -0.39 is 0 Å². The van der Waals surface area contributed by atoms with Crippen LogP contribution in [-0.4, -0.2) is 29.9 Å². The number of nitrogens with one attached hydrogen (secondary N) is 1. The number of carbonyl (C=O) groups excluding carboxylic acids is 2. The number of hydrogen-bond acceptors (Lipinski definition) is 2. The van der Waals surface area contributed by atoms with Gasteiger partial charge in [0.1, 0.15) is 0 Å². The number of anilines is 2. The van der Waals surface area contributed by atoms with Crippen molar-refractivity contribution in [2.24, 2.45) is 0 Å². The lowest BCUT2D eigenvalue weighted by molar-refractivity contribution is 0.102. The van der Waals surface area contributed by atoms with Gasteiger partial charge in [0.25, 0.3) is 5.91 Å². The largest absolute Gasteiger partial charge is 0.324 e. The van der Waals surface area contributed by atoms with E-state index in [9.17, 15) is 9.59 Å². The van der Waals surface area contributed by atoms with Gasteiger partial charge in [-0.05, 0) is 61.7 Å². The number of carbonyl (C=O) groups is 2. The second-order valence-corrected chi connectivity index (χ2v) is 8.01. The van der Waals surface area contributed by atoms with Crippen LogP contribution in [0.1, 0.15) is 33.5 Å². The fourth-order valence-electron chi connectivity index (χ4n) is 3.83. The monoisotopic (exact) mass is 413 g/mol. The van der Waals surface area contributed by atoms with Gasteiger partial charge in [0.05, 0.1) is 0 Å². The molecule has 0 unspecified atom stereocenters. The van der Waals surface area contributed by atoms with Gasteiger partial charge in [0, 0.05) is 36.6 Å². The first-order chi connectivity index (χ1) is 15.0. The van der Waals surface area contributed by atoms with Crippen molar-refractivity contribution in [1.29, 1.82) is 0 Å². The number of nitrogens with zero attached hydrogens (tertiary/aromatic N) is 2. The Balaban J connectivity index is 1.43. The maximum Gasteiger partial charge on any atom is 0.324 e. The first kappa shape index (κ1) is 20.7. The molecule has 158 valence electrons. The Morgan fingerprint density at radius 1 is 0.903 bits per heavy atom. The molecule has 0 bridgehead atoms. The number of benzene rings is 3. The van der Waals surface area contributed by atoms with Crippen LogP contribution < -0.4 is 10.2 Å². The van der Waals surface area contributed by atoms with Gasteiger partial charge in [-0.2, -0.15) is 0 Å². The van der Waals surface area contributed by atoms with Crippen molar-refractivity contribution in [3.8, 4) is 0 Å². The van der Waals surface area contributed by atoms with Crippen molar-refractivity contribution >= 4 is 23.3 Å². The molecule has 4 rings (SSSR count). The Bertz CT molecular complexity index is 1070. The zero-order chi connectivity index (χ0) is 21.8. The number of rotatable bonds is 5. The molecular formula is C26H27N3O2. The second-order valence-electron chi connectivity index (χ2n) is 8.01. The second kappa shape index (κ2) is 9.04. The Labute approximate surface area is 183 Å². The smallest absolute Gasteiger partial charge is 0.322 e. The Morgan fingerprint density at radius 3 is 2.32 bits per heavy atom. The summed E-state index contributed by atoms with van der Waals surface area (Å²) < 4.78 is 0. The summed E-state index contributed by atoms with van der Waals surface area (Å²) in [6, 6.07) is 23.3. The minimum atomic E-state index is -0.135. The van der Waals surface area contributed by atoms with Gasteiger partial charge >= 0.3 is 6.03 Å². The third-order valence-electron chi connectivity index (χ3n) is 5.63. The van der Waals surface area contributed by atoms with Crippen LogP contribution >= 0.6 is 0 Å². The predicted molar refractivity (Wildman–Crippen MR) is 125 cm³/mol. The van der Waals surface area contributed by atoms with Crippen molar-refractivity contribution in [3.63, 3.8) is 0 Å². The molecule has 3 amide bonds. The summed E-state index contributed by atoms with van der Waals surface area (Å²) >= 11 is 0. The van der Waals surface area contributed by atoms with Crippen LogP contribution in [0.4, 0.5) is 16.2 Å². The van der Waals surface area contributed by atoms with Crippen LogP contribution in [0.3, 0.4) is 0 Å². The summed E-state index contributed by atoms with van der Waals surface area (Å²) in [7, 11) is 0. The highest BCUT2D eigenvalue weighted by atomic mass is 16.2. The molecule has 0 saturated carbocycles. The number of urea groups is 1. The molecule has 0 aromatic heterocycles. The molecule has 1 aliphatic heterocycles. The van der Waals surface area contributed by atoms with Gasteiger partial charge in [0.15, 0.2) is 0 Å². The number of hydrogen-bond donors (Lipinski definition) is 1. The molecule has 3 aromatic rings. The van der Waals surface area contributed by atoms with Crippen LogP contribution in [-0.2, 0) is 6.54 Å². The highest BCUT2D eigenvalue weighted by molar-refractivity contribution is 6.05. The highest BCUT2D eigenvalue weighted by Crippen LogP contribution is 2.24. The molecule has 0 spiro atoms. The first-order valence-corrected chi connectivity index (χ1v) is 10.6. The third-order valence-corrected chi connectivity index (χ3v) is 5.63.